The minimum Gasteiger partial charge on any atom is -0.463 e. The van der Waals surface area contributed by atoms with Gasteiger partial charge in [0.1, 0.15) is 0 Å². The molecule has 0 bridgehead atoms. The third kappa shape index (κ3) is 6.25. The maximum absolute atomic E-state index is 11.3. The van der Waals surface area contributed by atoms with Crippen LogP contribution in [0.5, 0.6) is 0 Å². The number of ether oxygens (including phenoxy) is 1. The Kier molecular flexibility index (Phi) is 7.95. The Balaban J connectivity index is 4.03. The molecule has 0 rings (SSSR count). The minimum absolute atomic E-state index is 0.0934. The fourth-order valence-electron chi connectivity index (χ4n) is 1.30. The first-order chi connectivity index (χ1) is 7.15. The van der Waals surface area contributed by atoms with Crippen molar-refractivity contribution in [2.75, 3.05) is 32.8 Å². The molecule has 15 heavy (non-hydrogen) atoms. The lowest BCUT2D eigenvalue weighted by Crippen LogP contribution is -2.31. The summed E-state index contributed by atoms with van der Waals surface area (Å²) >= 11 is 0. The second-order valence-corrected chi connectivity index (χ2v) is 3.32. The van der Waals surface area contributed by atoms with Crippen LogP contribution in [-0.2, 0) is 9.53 Å². The smallest absolute Gasteiger partial charge is 0.334 e. The van der Waals surface area contributed by atoms with Crippen LogP contribution in [0.2, 0.25) is 0 Å². The summed E-state index contributed by atoms with van der Waals surface area (Å²) in [6, 6.07) is 0. The number of hydrogen-bond donors (Lipinski definition) is 1. The molecule has 0 saturated carbocycles. The molecule has 0 aromatic rings. The standard InChI is InChI=1S/C11H21NO3/c1-4-6-12(7-8-13)9-10(3)11(14)15-5-2/h13H,3-9H2,1-2H3. The zero-order valence-electron chi connectivity index (χ0n) is 9.66. The summed E-state index contributed by atoms with van der Waals surface area (Å²) in [6.07, 6.45) is 0.982. The summed E-state index contributed by atoms with van der Waals surface area (Å²) in [5.41, 5.74) is 0.443. The van der Waals surface area contributed by atoms with Gasteiger partial charge in [0.05, 0.1) is 13.2 Å². The van der Waals surface area contributed by atoms with Gasteiger partial charge in [0.2, 0.25) is 0 Å². The third-order valence-corrected chi connectivity index (χ3v) is 1.93. The molecule has 1 N–H and O–H groups in total. The number of aliphatic hydroxyl groups excluding tert-OH is 1. The molecule has 0 radical (unpaired) electrons. The Labute approximate surface area is 91.5 Å². The lowest BCUT2D eigenvalue weighted by atomic mass is 10.2. The van der Waals surface area contributed by atoms with E-state index >= 15 is 0 Å². The molecular formula is C11H21NO3. The average molecular weight is 215 g/mol. The summed E-state index contributed by atoms with van der Waals surface area (Å²) in [5, 5.41) is 8.83. The molecule has 0 aliphatic rings. The molecule has 88 valence electrons. The molecule has 0 atom stereocenters. The van der Waals surface area contributed by atoms with Crippen molar-refractivity contribution < 1.29 is 14.6 Å². The minimum atomic E-state index is -0.350. The molecule has 0 heterocycles. The van der Waals surface area contributed by atoms with Crippen molar-refractivity contribution in [2.24, 2.45) is 0 Å². The molecule has 4 nitrogen and oxygen atoms in total. The van der Waals surface area contributed by atoms with Crippen LogP contribution in [0.4, 0.5) is 0 Å². The fourth-order valence-corrected chi connectivity index (χ4v) is 1.30. The van der Waals surface area contributed by atoms with Crippen LogP contribution in [0, 0.1) is 0 Å². The molecule has 0 aromatic heterocycles. The number of esters is 1. The van der Waals surface area contributed by atoms with Crippen molar-refractivity contribution in [3.63, 3.8) is 0 Å². The van der Waals surface area contributed by atoms with E-state index in [0.717, 1.165) is 13.0 Å². The largest absolute Gasteiger partial charge is 0.463 e. The topological polar surface area (TPSA) is 49.8 Å². The summed E-state index contributed by atoms with van der Waals surface area (Å²) in [6.45, 7) is 9.83. The van der Waals surface area contributed by atoms with E-state index < -0.39 is 0 Å². The van der Waals surface area contributed by atoms with Crippen molar-refractivity contribution in [2.45, 2.75) is 20.3 Å². The van der Waals surface area contributed by atoms with Crippen LogP contribution in [0.1, 0.15) is 20.3 Å². The quantitative estimate of drug-likeness (QED) is 0.481. The van der Waals surface area contributed by atoms with E-state index in [0.29, 0.717) is 25.3 Å². The van der Waals surface area contributed by atoms with Crippen LogP contribution in [0.25, 0.3) is 0 Å². The van der Waals surface area contributed by atoms with Gasteiger partial charge in [-0.05, 0) is 19.9 Å². The van der Waals surface area contributed by atoms with E-state index in [4.69, 9.17) is 9.84 Å². The Morgan fingerprint density at radius 1 is 1.40 bits per heavy atom. The third-order valence-electron chi connectivity index (χ3n) is 1.93. The molecule has 0 aromatic carbocycles. The molecule has 0 aliphatic carbocycles. The van der Waals surface area contributed by atoms with Gasteiger partial charge < -0.3 is 9.84 Å². The van der Waals surface area contributed by atoms with E-state index in [1.54, 1.807) is 6.92 Å². The van der Waals surface area contributed by atoms with E-state index in [-0.39, 0.29) is 12.6 Å². The Bertz CT molecular complexity index is 198. The van der Waals surface area contributed by atoms with Crippen molar-refractivity contribution in [3.8, 4) is 0 Å². The van der Waals surface area contributed by atoms with E-state index in [9.17, 15) is 4.79 Å². The van der Waals surface area contributed by atoms with Crippen LogP contribution >= 0.6 is 0 Å². The molecule has 0 aliphatic heterocycles. The molecule has 4 heteroatoms. The number of aliphatic hydroxyl groups is 1. The molecule has 0 fully saturated rings. The van der Waals surface area contributed by atoms with Crippen LogP contribution in [0.3, 0.4) is 0 Å². The van der Waals surface area contributed by atoms with Gasteiger partial charge in [-0.3, -0.25) is 4.90 Å². The molecular weight excluding hydrogens is 194 g/mol. The van der Waals surface area contributed by atoms with Crippen LogP contribution < -0.4 is 0 Å². The monoisotopic (exact) mass is 215 g/mol. The number of nitrogens with zero attached hydrogens (tertiary/aromatic N) is 1. The highest BCUT2D eigenvalue weighted by atomic mass is 16.5. The van der Waals surface area contributed by atoms with Gasteiger partial charge >= 0.3 is 5.97 Å². The lowest BCUT2D eigenvalue weighted by molar-refractivity contribution is -0.138. The van der Waals surface area contributed by atoms with Gasteiger partial charge in [-0.25, -0.2) is 4.79 Å². The number of carbonyl (C=O) groups is 1. The van der Waals surface area contributed by atoms with Crippen molar-refractivity contribution >= 4 is 5.97 Å². The first-order valence-corrected chi connectivity index (χ1v) is 5.33. The molecule has 0 unspecified atom stereocenters. The summed E-state index contributed by atoms with van der Waals surface area (Å²) in [5.74, 6) is -0.350. The Hall–Kier alpha value is -0.870. The zero-order valence-corrected chi connectivity index (χ0v) is 9.66. The van der Waals surface area contributed by atoms with E-state index in [1.807, 2.05) is 4.90 Å². The normalized spacial score (nSPS) is 10.4. The summed E-state index contributed by atoms with van der Waals surface area (Å²) in [4.78, 5) is 13.3. The highest BCUT2D eigenvalue weighted by Crippen LogP contribution is 2.00. The second kappa shape index (κ2) is 8.44. The molecule has 0 spiro atoms. The fraction of sp³-hybridized carbons (Fsp3) is 0.727. The second-order valence-electron chi connectivity index (χ2n) is 3.32. The van der Waals surface area contributed by atoms with Gasteiger partial charge in [0.25, 0.3) is 0 Å². The van der Waals surface area contributed by atoms with Gasteiger partial charge in [0.15, 0.2) is 0 Å². The number of carbonyl (C=O) groups excluding carboxylic acids is 1. The first kappa shape index (κ1) is 14.1. The van der Waals surface area contributed by atoms with Crippen LogP contribution in [0.15, 0.2) is 12.2 Å². The van der Waals surface area contributed by atoms with Crippen molar-refractivity contribution in [1.29, 1.82) is 0 Å². The van der Waals surface area contributed by atoms with E-state index in [2.05, 4.69) is 13.5 Å². The van der Waals surface area contributed by atoms with Crippen molar-refractivity contribution in [1.82, 2.24) is 4.90 Å². The Morgan fingerprint density at radius 3 is 2.53 bits per heavy atom. The predicted octanol–water partition coefficient (Wildman–Crippen LogP) is 0.810. The average Bonchev–Trinajstić information content (AvgIpc) is 2.18. The maximum Gasteiger partial charge on any atom is 0.334 e. The summed E-state index contributed by atoms with van der Waals surface area (Å²) < 4.78 is 4.83. The van der Waals surface area contributed by atoms with Gasteiger partial charge in [0, 0.05) is 18.7 Å². The number of hydrogen-bond acceptors (Lipinski definition) is 4. The highest BCUT2D eigenvalue weighted by molar-refractivity contribution is 5.88. The number of rotatable bonds is 8. The van der Waals surface area contributed by atoms with Gasteiger partial charge in [-0.1, -0.05) is 13.5 Å². The molecule has 0 saturated heterocycles. The Morgan fingerprint density at radius 2 is 2.07 bits per heavy atom. The van der Waals surface area contributed by atoms with E-state index in [1.165, 1.54) is 0 Å². The van der Waals surface area contributed by atoms with Gasteiger partial charge in [-0.2, -0.15) is 0 Å². The van der Waals surface area contributed by atoms with Crippen LogP contribution in [-0.4, -0.2) is 48.8 Å². The zero-order chi connectivity index (χ0) is 11.7. The summed E-state index contributed by atoms with van der Waals surface area (Å²) in [7, 11) is 0. The van der Waals surface area contributed by atoms with Crippen molar-refractivity contribution in [3.05, 3.63) is 12.2 Å². The highest BCUT2D eigenvalue weighted by Gasteiger charge is 2.12. The SMILES string of the molecule is C=C(CN(CCC)CCO)C(=O)OCC. The predicted molar refractivity (Wildman–Crippen MR) is 59.6 cm³/mol. The van der Waals surface area contributed by atoms with Gasteiger partial charge in [-0.15, -0.1) is 0 Å². The molecule has 0 amide bonds. The first-order valence-electron chi connectivity index (χ1n) is 5.33. The maximum atomic E-state index is 11.3. The lowest BCUT2D eigenvalue weighted by Gasteiger charge is -2.20.